The molecule has 0 aromatic heterocycles. The summed E-state index contributed by atoms with van der Waals surface area (Å²) in [5.74, 6) is 0.809. The molecule has 24 heavy (non-hydrogen) atoms. The van der Waals surface area contributed by atoms with Crippen LogP contribution in [-0.2, 0) is 16.6 Å². The van der Waals surface area contributed by atoms with Crippen molar-refractivity contribution in [2.45, 2.75) is 43.2 Å². The zero-order valence-electron chi connectivity index (χ0n) is 14.7. The minimum Gasteiger partial charge on any atom is -0.314 e. The van der Waals surface area contributed by atoms with E-state index in [4.69, 9.17) is 0 Å². The van der Waals surface area contributed by atoms with Crippen LogP contribution in [0.25, 0.3) is 0 Å². The van der Waals surface area contributed by atoms with Crippen LogP contribution in [0.1, 0.15) is 31.2 Å². The molecule has 5 nitrogen and oxygen atoms in total. The SMILES string of the molecule is CN(C)S(=O)(=O)c1cccc(CN2CCC(C3CCCN3)CC2)c1. The first-order valence-corrected chi connectivity index (χ1v) is 10.4. The Hall–Kier alpha value is -0.950. The summed E-state index contributed by atoms with van der Waals surface area (Å²) in [6.45, 7) is 4.22. The molecule has 2 fully saturated rings. The van der Waals surface area contributed by atoms with Gasteiger partial charge in [-0.2, -0.15) is 0 Å². The number of piperidine rings is 1. The second kappa shape index (κ2) is 7.52. The molecule has 1 aromatic carbocycles. The fraction of sp³-hybridized carbons (Fsp3) is 0.667. The fourth-order valence-corrected chi connectivity index (χ4v) is 4.87. The van der Waals surface area contributed by atoms with Gasteiger partial charge in [0, 0.05) is 26.7 Å². The molecular weight excluding hydrogens is 322 g/mol. The van der Waals surface area contributed by atoms with Gasteiger partial charge in [0.25, 0.3) is 0 Å². The maximum absolute atomic E-state index is 12.3. The van der Waals surface area contributed by atoms with Gasteiger partial charge in [-0.3, -0.25) is 4.90 Å². The van der Waals surface area contributed by atoms with Crippen molar-refractivity contribution in [2.24, 2.45) is 5.92 Å². The molecule has 1 aromatic rings. The number of rotatable bonds is 5. The molecule has 0 saturated carbocycles. The maximum Gasteiger partial charge on any atom is 0.242 e. The average molecular weight is 352 g/mol. The van der Waals surface area contributed by atoms with Crippen molar-refractivity contribution in [3.05, 3.63) is 29.8 Å². The molecular formula is C18H29N3O2S. The van der Waals surface area contributed by atoms with E-state index in [0.29, 0.717) is 4.90 Å². The summed E-state index contributed by atoms with van der Waals surface area (Å²) in [6, 6.07) is 8.09. The van der Waals surface area contributed by atoms with E-state index >= 15 is 0 Å². The second-order valence-corrected chi connectivity index (χ2v) is 9.40. The highest BCUT2D eigenvalue weighted by Crippen LogP contribution is 2.26. The van der Waals surface area contributed by atoms with Crippen molar-refractivity contribution in [3.63, 3.8) is 0 Å². The van der Waals surface area contributed by atoms with Crippen LogP contribution < -0.4 is 5.32 Å². The van der Waals surface area contributed by atoms with Crippen molar-refractivity contribution in [1.29, 1.82) is 0 Å². The summed E-state index contributed by atoms with van der Waals surface area (Å²) >= 11 is 0. The molecule has 3 rings (SSSR count). The number of hydrogen-bond acceptors (Lipinski definition) is 4. The average Bonchev–Trinajstić information content (AvgIpc) is 3.10. The molecule has 1 unspecified atom stereocenters. The lowest BCUT2D eigenvalue weighted by Gasteiger charge is -2.35. The third-order valence-corrected chi connectivity index (χ3v) is 7.19. The summed E-state index contributed by atoms with van der Waals surface area (Å²) in [4.78, 5) is 2.84. The van der Waals surface area contributed by atoms with Crippen LogP contribution in [0, 0.1) is 5.92 Å². The van der Waals surface area contributed by atoms with Crippen molar-refractivity contribution in [2.75, 3.05) is 33.7 Å². The Morgan fingerprint density at radius 2 is 1.96 bits per heavy atom. The maximum atomic E-state index is 12.3. The Kier molecular flexibility index (Phi) is 5.59. The van der Waals surface area contributed by atoms with Gasteiger partial charge < -0.3 is 5.32 Å². The van der Waals surface area contributed by atoms with Gasteiger partial charge in [-0.15, -0.1) is 0 Å². The first-order valence-electron chi connectivity index (χ1n) is 8.94. The predicted octanol–water partition coefficient (Wildman–Crippen LogP) is 1.90. The van der Waals surface area contributed by atoms with E-state index in [0.717, 1.165) is 37.2 Å². The summed E-state index contributed by atoms with van der Waals surface area (Å²) in [5.41, 5.74) is 1.08. The largest absolute Gasteiger partial charge is 0.314 e. The zero-order valence-corrected chi connectivity index (χ0v) is 15.6. The van der Waals surface area contributed by atoms with E-state index < -0.39 is 10.0 Å². The molecule has 0 aliphatic carbocycles. The van der Waals surface area contributed by atoms with E-state index in [2.05, 4.69) is 10.2 Å². The Labute approximate surface area is 146 Å². The fourth-order valence-electron chi connectivity index (χ4n) is 3.90. The highest BCUT2D eigenvalue weighted by molar-refractivity contribution is 7.89. The van der Waals surface area contributed by atoms with E-state index in [1.165, 1.54) is 36.5 Å². The van der Waals surface area contributed by atoms with Crippen LogP contribution >= 0.6 is 0 Å². The summed E-state index contributed by atoms with van der Waals surface area (Å²) in [5, 5.41) is 3.64. The highest BCUT2D eigenvalue weighted by Gasteiger charge is 2.28. The lowest BCUT2D eigenvalue weighted by atomic mass is 9.88. The molecule has 0 amide bonds. The molecule has 134 valence electrons. The second-order valence-electron chi connectivity index (χ2n) is 7.25. The van der Waals surface area contributed by atoms with Crippen LogP contribution in [0.4, 0.5) is 0 Å². The normalized spacial score (nSPS) is 23.9. The Morgan fingerprint density at radius 3 is 2.58 bits per heavy atom. The minimum absolute atomic E-state index is 0.384. The number of benzene rings is 1. The number of nitrogens with zero attached hydrogens (tertiary/aromatic N) is 2. The van der Waals surface area contributed by atoms with Gasteiger partial charge in [-0.25, -0.2) is 12.7 Å². The lowest BCUT2D eigenvalue weighted by molar-refractivity contribution is 0.157. The molecule has 0 spiro atoms. The zero-order chi connectivity index (χ0) is 17.2. The number of sulfonamides is 1. The highest BCUT2D eigenvalue weighted by atomic mass is 32.2. The standard InChI is InChI=1S/C18H29N3O2S/c1-20(2)24(22,23)17-6-3-5-15(13-17)14-21-11-8-16(9-12-21)18-7-4-10-19-18/h3,5-6,13,16,18-19H,4,7-12,14H2,1-2H3. The van der Waals surface area contributed by atoms with Crippen molar-refractivity contribution >= 4 is 10.0 Å². The third-order valence-electron chi connectivity index (χ3n) is 5.38. The quantitative estimate of drug-likeness (QED) is 0.880. The van der Waals surface area contributed by atoms with Gasteiger partial charge in [-0.1, -0.05) is 12.1 Å². The Balaban J connectivity index is 1.59. The van der Waals surface area contributed by atoms with Crippen LogP contribution in [-0.4, -0.2) is 57.4 Å². The number of nitrogens with one attached hydrogen (secondary N) is 1. The molecule has 0 bridgehead atoms. The minimum atomic E-state index is -3.35. The van der Waals surface area contributed by atoms with Crippen LogP contribution in [0.5, 0.6) is 0 Å². The van der Waals surface area contributed by atoms with Crippen LogP contribution in [0.15, 0.2) is 29.2 Å². The molecule has 0 radical (unpaired) electrons. The first kappa shape index (κ1) is 17.9. The molecule has 2 heterocycles. The molecule has 2 aliphatic rings. The van der Waals surface area contributed by atoms with E-state index in [9.17, 15) is 8.42 Å². The smallest absolute Gasteiger partial charge is 0.242 e. The van der Waals surface area contributed by atoms with Gasteiger partial charge >= 0.3 is 0 Å². The third kappa shape index (κ3) is 3.99. The van der Waals surface area contributed by atoms with Gasteiger partial charge in [0.05, 0.1) is 4.90 Å². The van der Waals surface area contributed by atoms with Gasteiger partial charge in [0.15, 0.2) is 0 Å². The van der Waals surface area contributed by atoms with Crippen LogP contribution in [0.3, 0.4) is 0 Å². The molecule has 2 saturated heterocycles. The number of hydrogen-bond donors (Lipinski definition) is 1. The molecule has 1 atom stereocenters. The summed E-state index contributed by atoms with van der Waals surface area (Å²) in [6.07, 6.45) is 5.13. The van der Waals surface area contributed by atoms with Gasteiger partial charge in [0.1, 0.15) is 0 Å². The summed E-state index contributed by atoms with van der Waals surface area (Å²) < 4.78 is 25.8. The lowest BCUT2D eigenvalue weighted by Crippen LogP contribution is -2.40. The van der Waals surface area contributed by atoms with E-state index in [1.807, 2.05) is 18.2 Å². The van der Waals surface area contributed by atoms with E-state index in [-0.39, 0.29) is 0 Å². The number of likely N-dealkylation sites (tertiary alicyclic amines) is 1. The Bertz CT molecular complexity index is 646. The predicted molar refractivity (Wildman–Crippen MR) is 96.3 cm³/mol. The first-order chi connectivity index (χ1) is 11.5. The molecule has 1 N–H and O–H groups in total. The monoisotopic (exact) mass is 351 g/mol. The molecule has 2 aliphatic heterocycles. The van der Waals surface area contributed by atoms with Crippen molar-refractivity contribution < 1.29 is 8.42 Å². The summed E-state index contributed by atoms with van der Waals surface area (Å²) in [7, 11) is -0.207. The topological polar surface area (TPSA) is 52.7 Å². The van der Waals surface area contributed by atoms with Gasteiger partial charge in [0.2, 0.25) is 10.0 Å². The van der Waals surface area contributed by atoms with E-state index in [1.54, 1.807) is 20.2 Å². The van der Waals surface area contributed by atoms with Crippen LogP contribution in [0.2, 0.25) is 0 Å². The van der Waals surface area contributed by atoms with Crippen molar-refractivity contribution in [1.82, 2.24) is 14.5 Å². The molecule has 6 heteroatoms. The van der Waals surface area contributed by atoms with Crippen molar-refractivity contribution in [3.8, 4) is 0 Å². The van der Waals surface area contributed by atoms with Gasteiger partial charge in [-0.05, 0) is 68.9 Å². The Morgan fingerprint density at radius 1 is 1.21 bits per heavy atom.